The van der Waals surface area contributed by atoms with Gasteiger partial charge in [-0.1, -0.05) is 67.8 Å². The van der Waals surface area contributed by atoms with E-state index in [1.165, 1.54) is 37.8 Å². The molecule has 0 bridgehead atoms. The summed E-state index contributed by atoms with van der Waals surface area (Å²) < 4.78 is 35.4. The van der Waals surface area contributed by atoms with Crippen LogP contribution in [0.4, 0.5) is 13.2 Å². The number of aryl methyl sites for hydroxylation is 1. The van der Waals surface area contributed by atoms with E-state index in [9.17, 15) is 18.3 Å². The van der Waals surface area contributed by atoms with Crippen molar-refractivity contribution in [2.45, 2.75) is 38.3 Å². The third-order valence-corrected chi connectivity index (χ3v) is 3.85. The Balaban J connectivity index is 0.000000238. The molecule has 0 aromatic heterocycles. The van der Waals surface area contributed by atoms with Gasteiger partial charge in [-0.05, 0) is 30.4 Å². The number of phenolic OH excluding ortho intramolecular Hbond substituents is 1. The Kier molecular flexibility index (Phi) is 7.79. The zero-order chi connectivity index (χ0) is 16.7. The van der Waals surface area contributed by atoms with Crippen molar-refractivity contribution < 1.29 is 23.8 Å². The van der Waals surface area contributed by atoms with Gasteiger partial charge in [-0.2, -0.15) is 13.2 Å². The Labute approximate surface area is 140 Å². The molecule has 1 saturated carbocycles. The van der Waals surface area contributed by atoms with Crippen LogP contribution in [0.1, 0.15) is 36.8 Å². The highest BCUT2D eigenvalue weighted by Crippen LogP contribution is 2.34. The third-order valence-electron chi connectivity index (χ3n) is 3.85. The number of aromatic hydroxyl groups is 1. The number of rotatable bonds is 4. The van der Waals surface area contributed by atoms with Gasteiger partial charge >= 0.3 is 6.18 Å². The monoisotopic (exact) mass is 340 g/mol. The molecule has 0 spiro atoms. The number of phenols is 1. The first-order valence-corrected chi connectivity index (χ1v) is 7.86. The molecule has 132 valence electrons. The van der Waals surface area contributed by atoms with E-state index < -0.39 is 11.7 Å². The van der Waals surface area contributed by atoms with Gasteiger partial charge in [-0.25, -0.2) is 0 Å². The molecule has 24 heavy (non-hydrogen) atoms. The highest BCUT2D eigenvalue weighted by molar-refractivity contribution is 5.31. The van der Waals surface area contributed by atoms with Gasteiger partial charge in [-0.3, -0.25) is 0 Å². The van der Waals surface area contributed by atoms with Crippen molar-refractivity contribution in [2.24, 2.45) is 5.92 Å². The molecule has 0 unspecified atom stereocenters. The Morgan fingerprint density at radius 1 is 0.917 bits per heavy atom. The molecule has 2 nitrogen and oxygen atoms in total. The minimum Gasteiger partial charge on any atom is -0.508 e. The third kappa shape index (κ3) is 7.04. The van der Waals surface area contributed by atoms with Crippen LogP contribution in [0.5, 0.6) is 5.75 Å². The molecule has 3 rings (SSSR count). The average molecular weight is 340 g/mol. The molecule has 0 amide bonds. The van der Waals surface area contributed by atoms with E-state index in [2.05, 4.69) is 0 Å². The van der Waals surface area contributed by atoms with Crippen LogP contribution in [0.15, 0.2) is 54.6 Å². The predicted octanol–water partition coefficient (Wildman–Crippen LogP) is 5.01. The normalized spacial score (nSPS) is 13.5. The largest absolute Gasteiger partial charge is 0.508 e. The van der Waals surface area contributed by atoms with E-state index in [1.54, 1.807) is 12.1 Å². The lowest BCUT2D eigenvalue weighted by Gasteiger charge is -2.03. The zero-order valence-corrected chi connectivity index (χ0v) is 13.4. The molecule has 1 aliphatic rings. The fourth-order valence-electron chi connectivity index (χ4n) is 2.34. The summed E-state index contributed by atoms with van der Waals surface area (Å²) in [5.74, 6) is 1.46. The highest BCUT2D eigenvalue weighted by Gasteiger charge is 2.29. The van der Waals surface area contributed by atoms with Gasteiger partial charge in [0.05, 0.1) is 5.56 Å². The molecule has 0 aliphatic heterocycles. The molecule has 0 saturated heterocycles. The van der Waals surface area contributed by atoms with Crippen LogP contribution in [0.2, 0.25) is 0 Å². The number of hydrogen-bond acceptors (Lipinski definition) is 1. The first kappa shape index (κ1) is 20.0. The van der Waals surface area contributed by atoms with Gasteiger partial charge in [0.2, 0.25) is 0 Å². The van der Waals surface area contributed by atoms with Gasteiger partial charge in [0.15, 0.2) is 0 Å². The number of halogens is 3. The van der Waals surface area contributed by atoms with Crippen LogP contribution in [-0.4, -0.2) is 10.6 Å². The molecule has 1 aliphatic carbocycles. The summed E-state index contributed by atoms with van der Waals surface area (Å²) in [5, 5.41) is 9.49. The second kappa shape index (κ2) is 9.33. The zero-order valence-electron chi connectivity index (χ0n) is 13.4. The molecule has 2 aromatic rings. The minimum atomic E-state index is -4.21. The molecular formula is C19H23F3O2. The summed E-state index contributed by atoms with van der Waals surface area (Å²) in [4.78, 5) is 0. The fraction of sp³-hybridized carbons (Fsp3) is 0.368. The summed E-state index contributed by atoms with van der Waals surface area (Å²) in [6.45, 7) is 0. The van der Waals surface area contributed by atoms with E-state index in [4.69, 9.17) is 0 Å². The lowest BCUT2D eigenvalue weighted by atomic mass is 10.1. The van der Waals surface area contributed by atoms with Crippen molar-refractivity contribution >= 4 is 0 Å². The number of alkyl halides is 3. The van der Waals surface area contributed by atoms with Crippen molar-refractivity contribution in [2.75, 3.05) is 0 Å². The summed E-state index contributed by atoms with van der Waals surface area (Å²) in [6, 6.07) is 14.0. The van der Waals surface area contributed by atoms with E-state index in [0.29, 0.717) is 5.75 Å². The summed E-state index contributed by atoms with van der Waals surface area (Å²) in [5.41, 5.74) is 0.498. The summed E-state index contributed by atoms with van der Waals surface area (Å²) >= 11 is 0. The Morgan fingerprint density at radius 2 is 1.50 bits per heavy atom. The molecule has 5 heteroatoms. The molecule has 2 aromatic carbocycles. The molecule has 0 atom stereocenters. The molecule has 0 radical (unpaired) electrons. The van der Waals surface area contributed by atoms with Gasteiger partial charge < -0.3 is 10.6 Å². The maximum Gasteiger partial charge on any atom is 0.416 e. The van der Waals surface area contributed by atoms with Crippen molar-refractivity contribution in [3.63, 3.8) is 0 Å². The number of hydrogen-bond donors (Lipinski definition) is 1. The van der Waals surface area contributed by atoms with Crippen LogP contribution in [0.25, 0.3) is 0 Å². The summed E-state index contributed by atoms with van der Waals surface area (Å²) in [7, 11) is 0. The van der Waals surface area contributed by atoms with Crippen LogP contribution in [0, 0.1) is 5.92 Å². The first-order valence-electron chi connectivity index (χ1n) is 7.86. The second-order valence-corrected chi connectivity index (χ2v) is 5.83. The maximum absolute atomic E-state index is 11.8. The summed E-state index contributed by atoms with van der Waals surface area (Å²) in [6.07, 6.45) is 2.25. The predicted molar refractivity (Wildman–Crippen MR) is 88.8 cm³/mol. The highest BCUT2D eigenvalue weighted by atomic mass is 19.4. The van der Waals surface area contributed by atoms with Crippen molar-refractivity contribution in [3.8, 4) is 5.75 Å². The van der Waals surface area contributed by atoms with Crippen LogP contribution in [0.3, 0.4) is 0 Å². The Hall–Kier alpha value is -2.01. The van der Waals surface area contributed by atoms with Crippen molar-refractivity contribution in [3.05, 3.63) is 65.7 Å². The van der Waals surface area contributed by atoms with Gasteiger partial charge in [0.1, 0.15) is 5.75 Å². The minimum absolute atomic E-state index is 0. The average Bonchev–Trinajstić information content (AvgIpc) is 3.34. The van der Waals surface area contributed by atoms with Crippen LogP contribution >= 0.6 is 0 Å². The second-order valence-electron chi connectivity index (χ2n) is 5.83. The van der Waals surface area contributed by atoms with Crippen molar-refractivity contribution in [1.82, 2.24) is 0 Å². The van der Waals surface area contributed by atoms with Gasteiger partial charge in [0, 0.05) is 0 Å². The lowest BCUT2D eigenvalue weighted by molar-refractivity contribution is -0.137. The SMILES string of the molecule is FC(F)(F)c1ccccc1.O.Oc1ccccc1CCCC1CC1. The Bertz CT molecular complexity index is 593. The molecular weight excluding hydrogens is 317 g/mol. The van der Waals surface area contributed by atoms with E-state index in [0.717, 1.165) is 30.0 Å². The smallest absolute Gasteiger partial charge is 0.416 e. The first-order chi connectivity index (χ1) is 11.0. The maximum atomic E-state index is 11.8. The van der Waals surface area contributed by atoms with Gasteiger partial charge in [0.25, 0.3) is 0 Å². The quantitative estimate of drug-likeness (QED) is 0.836. The van der Waals surface area contributed by atoms with E-state index in [-0.39, 0.29) is 5.48 Å². The molecule has 0 heterocycles. The molecule has 1 fully saturated rings. The van der Waals surface area contributed by atoms with Crippen molar-refractivity contribution in [1.29, 1.82) is 0 Å². The number of benzene rings is 2. The van der Waals surface area contributed by atoms with Gasteiger partial charge in [-0.15, -0.1) is 0 Å². The number of para-hydroxylation sites is 1. The standard InChI is InChI=1S/C12H16O.C7H5F3.H2O/c13-12-7-2-1-5-11(12)6-3-4-10-8-9-10;8-7(9,10)6-4-2-1-3-5-6;/h1-2,5,7,10,13H,3-4,6,8-9H2;1-5H;1H2. The van der Waals surface area contributed by atoms with Crippen LogP contribution < -0.4 is 0 Å². The Morgan fingerprint density at radius 3 is 2.00 bits per heavy atom. The lowest BCUT2D eigenvalue weighted by Crippen LogP contribution is -2.03. The van der Waals surface area contributed by atoms with Crippen LogP contribution in [-0.2, 0) is 12.6 Å². The fourth-order valence-corrected chi connectivity index (χ4v) is 2.34. The van der Waals surface area contributed by atoms with E-state index in [1.807, 2.05) is 18.2 Å². The molecule has 3 N–H and O–H groups in total. The van der Waals surface area contributed by atoms with E-state index >= 15 is 0 Å². The topological polar surface area (TPSA) is 51.7 Å².